The zero-order chi connectivity index (χ0) is 31.9. The first-order chi connectivity index (χ1) is 21.4. The lowest BCUT2D eigenvalue weighted by atomic mass is 9.87. The molecule has 3 fully saturated rings. The van der Waals surface area contributed by atoms with Crippen LogP contribution in [0.2, 0.25) is 0 Å². The highest BCUT2D eigenvalue weighted by molar-refractivity contribution is 6.00. The van der Waals surface area contributed by atoms with Crippen molar-refractivity contribution in [1.82, 2.24) is 15.5 Å². The molecule has 3 heterocycles. The van der Waals surface area contributed by atoms with Crippen molar-refractivity contribution in [2.45, 2.75) is 96.2 Å². The number of fused-ring (bicyclic) bond motifs is 1. The van der Waals surface area contributed by atoms with E-state index in [-0.39, 0.29) is 29.6 Å². The second-order valence-corrected chi connectivity index (χ2v) is 14.6. The van der Waals surface area contributed by atoms with E-state index < -0.39 is 29.5 Å². The van der Waals surface area contributed by atoms with E-state index in [9.17, 15) is 14.4 Å². The van der Waals surface area contributed by atoms with Crippen LogP contribution in [-0.2, 0) is 36.7 Å². The minimum absolute atomic E-state index is 0.0646. The predicted octanol–water partition coefficient (Wildman–Crippen LogP) is 4.14. The second-order valence-electron chi connectivity index (χ2n) is 14.6. The van der Waals surface area contributed by atoms with Crippen LogP contribution in [0.4, 0.5) is 5.69 Å². The normalized spacial score (nSPS) is 24.2. The average molecular weight is 617 g/mol. The molecular formula is C36H48N4O5. The fourth-order valence-electron chi connectivity index (χ4n) is 7.51. The van der Waals surface area contributed by atoms with Gasteiger partial charge in [-0.25, -0.2) is 0 Å². The molecule has 3 saturated heterocycles. The summed E-state index contributed by atoms with van der Waals surface area (Å²) < 4.78 is 11.8. The third-order valence-corrected chi connectivity index (χ3v) is 9.64. The first-order valence-electron chi connectivity index (χ1n) is 16.6. The summed E-state index contributed by atoms with van der Waals surface area (Å²) in [5.74, 6) is -1.03. The lowest BCUT2D eigenvalue weighted by Crippen LogP contribution is -2.67. The van der Waals surface area contributed by atoms with Crippen LogP contribution in [0, 0.1) is 11.8 Å². The number of benzene rings is 2. The van der Waals surface area contributed by atoms with Crippen LogP contribution in [0.15, 0.2) is 48.5 Å². The Morgan fingerprint density at radius 1 is 0.978 bits per heavy atom. The number of hydrogen-bond donors (Lipinski definition) is 2. The maximum absolute atomic E-state index is 14.6. The van der Waals surface area contributed by atoms with Gasteiger partial charge in [-0.1, -0.05) is 50.2 Å². The number of hydrogen-bond acceptors (Lipinski definition) is 6. The molecule has 9 heteroatoms. The molecule has 0 radical (unpaired) electrons. The minimum atomic E-state index is -0.947. The first-order valence-corrected chi connectivity index (χ1v) is 16.6. The average Bonchev–Trinajstić information content (AvgIpc) is 3.63. The van der Waals surface area contributed by atoms with Crippen LogP contribution in [0.5, 0.6) is 0 Å². The van der Waals surface area contributed by atoms with Crippen molar-refractivity contribution < 1.29 is 23.9 Å². The van der Waals surface area contributed by atoms with Gasteiger partial charge in [-0.3, -0.25) is 14.4 Å². The van der Waals surface area contributed by atoms with Gasteiger partial charge in [-0.2, -0.15) is 0 Å². The summed E-state index contributed by atoms with van der Waals surface area (Å²) in [4.78, 5) is 46.6. The third-order valence-electron chi connectivity index (χ3n) is 9.64. The van der Waals surface area contributed by atoms with Gasteiger partial charge in [-0.15, -0.1) is 0 Å². The molecule has 6 rings (SSSR count). The molecule has 1 spiro atoms. The molecule has 0 aromatic heterocycles. The minimum Gasteiger partial charge on any atom is -0.371 e. The summed E-state index contributed by atoms with van der Waals surface area (Å²) >= 11 is 0. The number of ether oxygens (including phenoxy) is 2. The van der Waals surface area contributed by atoms with Crippen LogP contribution in [0.1, 0.15) is 76.6 Å². The molecule has 4 aliphatic rings. The molecule has 2 aromatic rings. The van der Waals surface area contributed by atoms with E-state index in [1.165, 1.54) is 11.1 Å². The van der Waals surface area contributed by atoms with Crippen LogP contribution in [-0.4, -0.2) is 72.3 Å². The van der Waals surface area contributed by atoms with Gasteiger partial charge >= 0.3 is 0 Å². The van der Waals surface area contributed by atoms with Crippen molar-refractivity contribution in [1.29, 1.82) is 0 Å². The van der Waals surface area contributed by atoms with Crippen molar-refractivity contribution >= 4 is 23.4 Å². The zero-order valence-electron chi connectivity index (χ0n) is 27.3. The molecule has 2 N–H and O–H groups in total. The molecule has 0 saturated carbocycles. The standard InChI is InChI=1S/C36H48N4O5/c1-23(2)20-29-32(41)37-30(27-21-25-8-6-7-9-26(25)22-27)34(43)40(29)31(33(42)38-35(3,4)5)24-10-12-28(13-11-24)39-16-14-36(15-17-39)44-18-19-45-36/h6-13,23,27,29-31H,14-22H2,1-5H3,(H,37,41)(H,38,42)/t29-,30-,31?/m1/s1. The molecule has 0 bridgehead atoms. The first kappa shape index (κ1) is 31.5. The summed E-state index contributed by atoms with van der Waals surface area (Å²) in [5, 5.41) is 6.23. The number of carbonyl (C=O) groups is 3. The van der Waals surface area contributed by atoms with Crippen molar-refractivity contribution in [3.8, 4) is 0 Å². The molecule has 3 atom stereocenters. The summed E-state index contributed by atoms with van der Waals surface area (Å²) in [6.45, 7) is 12.8. The van der Waals surface area contributed by atoms with E-state index in [1.54, 1.807) is 4.90 Å². The van der Waals surface area contributed by atoms with Gasteiger partial charge in [0.1, 0.15) is 18.1 Å². The molecule has 242 valence electrons. The Morgan fingerprint density at radius 3 is 2.13 bits per heavy atom. The number of anilines is 1. The van der Waals surface area contributed by atoms with E-state index in [0.29, 0.717) is 25.2 Å². The Labute approximate surface area is 267 Å². The van der Waals surface area contributed by atoms with Gasteiger partial charge in [0.25, 0.3) is 0 Å². The lowest BCUT2D eigenvalue weighted by Gasteiger charge is -2.45. The largest absolute Gasteiger partial charge is 0.371 e. The van der Waals surface area contributed by atoms with Crippen LogP contribution >= 0.6 is 0 Å². The van der Waals surface area contributed by atoms with E-state index in [4.69, 9.17) is 9.47 Å². The molecular weight excluding hydrogens is 568 g/mol. The molecule has 3 amide bonds. The zero-order valence-corrected chi connectivity index (χ0v) is 27.3. The number of carbonyl (C=O) groups excluding carboxylic acids is 3. The van der Waals surface area contributed by atoms with Crippen molar-refractivity contribution in [3.63, 3.8) is 0 Å². The monoisotopic (exact) mass is 616 g/mol. The van der Waals surface area contributed by atoms with Gasteiger partial charge in [0.05, 0.1) is 13.2 Å². The van der Waals surface area contributed by atoms with Crippen molar-refractivity contribution in [2.24, 2.45) is 11.8 Å². The molecule has 1 aliphatic carbocycles. The SMILES string of the molecule is CC(C)C[C@@H]1C(=O)N[C@H](C2Cc3ccccc3C2)C(=O)N1C(C(=O)NC(C)(C)C)c1ccc(N2CCC3(CC2)OCCO3)cc1. The maximum Gasteiger partial charge on any atom is 0.247 e. The van der Waals surface area contributed by atoms with Crippen LogP contribution < -0.4 is 15.5 Å². The van der Waals surface area contributed by atoms with Gasteiger partial charge in [0.2, 0.25) is 17.7 Å². The van der Waals surface area contributed by atoms with E-state index in [1.807, 2.05) is 71.0 Å². The Morgan fingerprint density at radius 2 is 1.58 bits per heavy atom. The van der Waals surface area contributed by atoms with Crippen LogP contribution in [0.3, 0.4) is 0 Å². The fourth-order valence-corrected chi connectivity index (χ4v) is 7.51. The molecule has 2 aromatic carbocycles. The molecule has 9 nitrogen and oxygen atoms in total. The van der Waals surface area contributed by atoms with Crippen LogP contribution in [0.25, 0.3) is 0 Å². The maximum atomic E-state index is 14.6. The van der Waals surface area contributed by atoms with E-state index >= 15 is 0 Å². The molecule has 3 aliphatic heterocycles. The van der Waals surface area contributed by atoms with Crippen molar-refractivity contribution in [2.75, 3.05) is 31.2 Å². The van der Waals surface area contributed by atoms with Crippen molar-refractivity contribution in [3.05, 3.63) is 65.2 Å². The summed E-state index contributed by atoms with van der Waals surface area (Å²) in [6, 6.07) is 13.8. The number of nitrogens with zero attached hydrogens (tertiary/aromatic N) is 2. The quantitative estimate of drug-likeness (QED) is 0.485. The van der Waals surface area contributed by atoms with Gasteiger partial charge in [-0.05, 0) is 80.7 Å². The summed E-state index contributed by atoms with van der Waals surface area (Å²) in [6.07, 6.45) is 3.50. The predicted molar refractivity (Wildman–Crippen MR) is 173 cm³/mol. The number of nitrogens with one attached hydrogen (secondary N) is 2. The molecule has 1 unspecified atom stereocenters. The highest BCUT2D eigenvalue weighted by Crippen LogP contribution is 2.37. The third kappa shape index (κ3) is 6.61. The highest BCUT2D eigenvalue weighted by Gasteiger charge is 2.50. The topological polar surface area (TPSA) is 100 Å². The second kappa shape index (κ2) is 12.4. The number of amides is 3. The Bertz CT molecular complexity index is 1380. The fraction of sp³-hybridized carbons (Fsp3) is 0.583. The lowest BCUT2D eigenvalue weighted by molar-refractivity contribution is -0.169. The Hall–Kier alpha value is -3.43. The molecule has 45 heavy (non-hydrogen) atoms. The number of piperidine rings is 1. The van der Waals surface area contributed by atoms with E-state index in [0.717, 1.165) is 44.5 Å². The van der Waals surface area contributed by atoms with Gasteiger partial charge in [0.15, 0.2) is 5.79 Å². The smallest absolute Gasteiger partial charge is 0.247 e. The van der Waals surface area contributed by atoms with Gasteiger partial charge in [0, 0.05) is 37.2 Å². The summed E-state index contributed by atoms with van der Waals surface area (Å²) in [7, 11) is 0. The Balaban J connectivity index is 1.31. The van der Waals surface area contributed by atoms with Gasteiger partial charge < -0.3 is 29.9 Å². The Kier molecular flexibility index (Phi) is 8.69. The van der Waals surface area contributed by atoms with E-state index in [2.05, 4.69) is 27.7 Å². The summed E-state index contributed by atoms with van der Waals surface area (Å²) in [5.41, 5.74) is 3.65. The number of rotatable bonds is 7. The number of piperazine rings is 1. The highest BCUT2D eigenvalue weighted by atomic mass is 16.7.